The molecule has 1 fully saturated rings. The fourth-order valence-corrected chi connectivity index (χ4v) is 2.87. The fourth-order valence-electron chi connectivity index (χ4n) is 2.87. The molecule has 5 heteroatoms. The quantitative estimate of drug-likeness (QED) is 0.329. The minimum absolute atomic E-state index is 0.00851. The van der Waals surface area contributed by atoms with Crippen LogP contribution in [0, 0.1) is 17.8 Å². The van der Waals surface area contributed by atoms with E-state index in [-0.39, 0.29) is 24.3 Å². The predicted molar refractivity (Wildman–Crippen MR) is 107 cm³/mol. The molecule has 1 rings (SSSR count). The van der Waals surface area contributed by atoms with Crippen LogP contribution in [-0.4, -0.2) is 45.7 Å². The van der Waals surface area contributed by atoms with E-state index in [2.05, 4.69) is 18.8 Å². The number of unbranched alkanes of at least 4 members (excludes halogenated alkanes) is 2. The van der Waals surface area contributed by atoms with Crippen molar-refractivity contribution in [1.82, 2.24) is 4.90 Å². The van der Waals surface area contributed by atoms with Crippen LogP contribution in [0.1, 0.15) is 65.2 Å². The summed E-state index contributed by atoms with van der Waals surface area (Å²) in [6.45, 7) is 4.59. The maximum absolute atomic E-state index is 12.1. The van der Waals surface area contributed by atoms with E-state index in [0.29, 0.717) is 32.2 Å². The van der Waals surface area contributed by atoms with Crippen LogP contribution in [0.25, 0.3) is 0 Å². The molecule has 1 aliphatic heterocycles. The largest absolute Gasteiger partial charge is 0.481 e. The van der Waals surface area contributed by atoms with Gasteiger partial charge in [-0.15, -0.1) is 11.8 Å². The second kappa shape index (κ2) is 13.2. The highest BCUT2D eigenvalue weighted by atomic mass is 16.4. The first kappa shape index (κ1) is 23.0. The third-order valence-corrected chi connectivity index (χ3v) is 4.64. The number of hydrogen-bond donors (Lipinski definition) is 2. The monoisotopic (exact) mass is 375 g/mol. The highest BCUT2D eigenvalue weighted by Crippen LogP contribution is 2.20. The molecule has 27 heavy (non-hydrogen) atoms. The molecule has 0 aromatic carbocycles. The summed E-state index contributed by atoms with van der Waals surface area (Å²) in [7, 11) is 0. The van der Waals surface area contributed by atoms with Crippen molar-refractivity contribution in [3.8, 4) is 11.8 Å². The van der Waals surface area contributed by atoms with Gasteiger partial charge in [-0.05, 0) is 31.6 Å². The molecule has 0 aliphatic carbocycles. The smallest absolute Gasteiger partial charge is 0.303 e. The van der Waals surface area contributed by atoms with Crippen LogP contribution in [0.2, 0.25) is 0 Å². The van der Waals surface area contributed by atoms with Crippen molar-refractivity contribution < 1.29 is 19.8 Å². The number of rotatable bonds is 11. The number of carboxylic acid groups (broad SMARTS) is 1. The lowest BCUT2D eigenvalue weighted by atomic mass is 10.00. The molecule has 3 atom stereocenters. The van der Waals surface area contributed by atoms with Gasteiger partial charge < -0.3 is 15.1 Å². The van der Waals surface area contributed by atoms with E-state index in [1.807, 2.05) is 30.1 Å². The van der Waals surface area contributed by atoms with Gasteiger partial charge in [-0.2, -0.15) is 0 Å². The summed E-state index contributed by atoms with van der Waals surface area (Å²) in [5.74, 6) is 5.60. The van der Waals surface area contributed by atoms with Gasteiger partial charge in [0.05, 0.1) is 12.1 Å². The number of carbonyl (C=O) groups excluding carboxylic acids is 1. The van der Waals surface area contributed by atoms with Crippen molar-refractivity contribution in [2.24, 2.45) is 5.92 Å². The summed E-state index contributed by atoms with van der Waals surface area (Å²) in [6, 6.07) is 0.00851. The molecule has 1 amide bonds. The van der Waals surface area contributed by atoms with Crippen LogP contribution < -0.4 is 0 Å². The highest BCUT2D eigenvalue weighted by molar-refractivity contribution is 5.79. The Morgan fingerprint density at radius 2 is 2.15 bits per heavy atom. The van der Waals surface area contributed by atoms with E-state index in [1.54, 1.807) is 6.08 Å². The van der Waals surface area contributed by atoms with E-state index in [1.165, 1.54) is 0 Å². The number of aliphatic hydroxyl groups is 1. The molecule has 1 saturated heterocycles. The Morgan fingerprint density at radius 3 is 2.85 bits per heavy atom. The molecule has 0 radical (unpaired) electrons. The number of hydrogen-bond acceptors (Lipinski definition) is 3. The van der Waals surface area contributed by atoms with E-state index in [4.69, 9.17) is 5.11 Å². The number of amides is 1. The Morgan fingerprint density at radius 1 is 1.37 bits per heavy atom. The van der Waals surface area contributed by atoms with Gasteiger partial charge in [0, 0.05) is 32.2 Å². The number of allylic oxidation sites excluding steroid dienone is 1. The van der Waals surface area contributed by atoms with Gasteiger partial charge in [-0.1, -0.05) is 38.2 Å². The maximum Gasteiger partial charge on any atom is 0.303 e. The second-order valence-electron chi connectivity index (χ2n) is 7.07. The number of carboxylic acids is 1. The van der Waals surface area contributed by atoms with Gasteiger partial charge in [-0.3, -0.25) is 9.59 Å². The average Bonchev–Trinajstić information content (AvgIpc) is 2.99. The molecule has 0 saturated carbocycles. The van der Waals surface area contributed by atoms with Crippen molar-refractivity contribution in [3.05, 3.63) is 24.3 Å². The average molecular weight is 376 g/mol. The fraction of sp³-hybridized carbons (Fsp3) is 0.636. The van der Waals surface area contributed by atoms with Crippen LogP contribution in [0.15, 0.2) is 24.3 Å². The maximum atomic E-state index is 12.1. The summed E-state index contributed by atoms with van der Waals surface area (Å²) >= 11 is 0. The Hall–Kier alpha value is -2.06. The second-order valence-corrected chi connectivity index (χ2v) is 7.07. The number of aliphatic carboxylic acids is 1. The van der Waals surface area contributed by atoms with Gasteiger partial charge in [0.15, 0.2) is 0 Å². The summed E-state index contributed by atoms with van der Waals surface area (Å²) in [5.41, 5.74) is 0. The normalized spacial score (nSPS) is 19.4. The van der Waals surface area contributed by atoms with Gasteiger partial charge >= 0.3 is 5.97 Å². The number of aliphatic hydroxyl groups excluding tert-OH is 1. The summed E-state index contributed by atoms with van der Waals surface area (Å²) in [6.07, 6.45) is 12.4. The van der Waals surface area contributed by atoms with Gasteiger partial charge in [0.1, 0.15) is 0 Å². The third kappa shape index (κ3) is 9.44. The lowest BCUT2D eigenvalue weighted by Gasteiger charge is -2.21. The molecular weight excluding hydrogens is 342 g/mol. The lowest BCUT2D eigenvalue weighted by molar-refractivity contribution is -0.137. The van der Waals surface area contributed by atoms with Crippen LogP contribution in [0.5, 0.6) is 0 Å². The van der Waals surface area contributed by atoms with Gasteiger partial charge in [-0.25, -0.2) is 0 Å². The Kier molecular flexibility index (Phi) is 11.2. The highest BCUT2D eigenvalue weighted by Gasteiger charge is 2.28. The van der Waals surface area contributed by atoms with Crippen molar-refractivity contribution >= 4 is 11.9 Å². The first-order valence-corrected chi connectivity index (χ1v) is 9.94. The molecule has 150 valence electrons. The third-order valence-electron chi connectivity index (χ3n) is 4.64. The molecule has 0 aromatic rings. The van der Waals surface area contributed by atoms with E-state index in [9.17, 15) is 14.7 Å². The first-order valence-electron chi connectivity index (χ1n) is 9.94. The van der Waals surface area contributed by atoms with Crippen LogP contribution in [0.4, 0.5) is 0 Å². The molecule has 2 unspecified atom stereocenters. The molecule has 2 N–H and O–H groups in total. The molecule has 1 aliphatic rings. The zero-order valence-electron chi connectivity index (χ0n) is 16.6. The van der Waals surface area contributed by atoms with Crippen molar-refractivity contribution in [1.29, 1.82) is 0 Å². The van der Waals surface area contributed by atoms with Gasteiger partial charge in [0.25, 0.3) is 0 Å². The molecule has 5 nitrogen and oxygen atoms in total. The summed E-state index contributed by atoms with van der Waals surface area (Å²) in [5, 5.41) is 18.9. The molecule has 0 aromatic heterocycles. The van der Waals surface area contributed by atoms with Crippen molar-refractivity contribution in [2.45, 2.75) is 77.4 Å². The standard InChI is InChI=1S/C22H33NO4/c1-3-4-5-8-11-18(2)20(24)15-13-19-14-16-21(25)23(19)17-10-7-6-9-12-22(26)27/h7,10,13,15,18-20,24H,3-4,6,9,11-12,14,16-17H2,1-2H3,(H,26,27)/b10-7?,15-13+/t18?,19-,20?/m0/s1. The van der Waals surface area contributed by atoms with Crippen LogP contribution >= 0.6 is 0 Å². The molecule has 0 bridgehead atoms. The minimum atomic E-state index is -0.785. The zero-order chi connectivity index (χ0) is 20.1. The first-order chi connectivity index (χ1) is 13.0. The van der Waals surface area contributed by atoms with Crippen LogP contribution in [-0.2, 0) is 9.59 Å². The van der Waals surface area contributed by atoms with E-state index < -0.39 is 12.1 Å². The van der Waals surface area contributed by atoms with Crippen molar-refractivity contribution in [2.75, 3.05) is 6.54 Å². The molecule has 0 spiro atoms. The van der Waals surface area contributed by atoms with Gasteiger partial charge in [0.2, 0.25) is 5.91 Å². The summed E-state index contributed by atoms with van der Waals surface area (Å²) in [4.78, 5) is 24.4. The molecular formula is C22H33NO4. The Bertz CT molecular complexity index is 585. The summed E-state index contributed by atoms with van der Waals surface area (Å²) < 4.78 is 0. The number of likely N-dealkylation sites (tertiary alicyclic amines) is 1. The minimum Gasteiger partial charge on any atom is -0.481 e. The number of carbonyl (C=O) groups is 2. The van der Waals surface area contributed by atoms with E-state index in [0.717, 1.165) is 19.3 Å². The lowest BCUT2D eigenvalue weighted by Crippen LogP contribution is -2.32. The van der Waals surface area contributed by atoms with Crippen molar-refractivity contribution in [3.63, 3.8) is 0 Å². The number of nitrogens with zero attached hydrogens (tertiary/aromatic N) is 1. The van der Waals surface area contributed by atoms with E-state index >= 15 is 0 Å². The Balaban J connectivity index is 2.46. The zero-order valence-corrected chi connectivity index (χ0v) is 16.6. The SMILES string of the molecule is CCCC#CCC(C)C(O)/C=C/[C@H]1CCC(=O)N1CC=CCCCC(=O)O. The van der Waals surface area contributed by atoms with Crippen LogP contribution in [0.3, 0.4) is 0 Å². The topological polar surface area (TPSA) is 77.8 Å². The predicted octanol–water partition coefficient (Wildman–Crippen LogP) is 3.54. The Labute approximate surface area is 163 Å². The molecule has 1 heterocycles.